The molecular weight excluding hydrogens is 636 g/mol. The van der Waals surface area contributed by atoms with Crippen molar-refractivity contribution >= 4 is 5.97 Å². The Kier molecular flexibility index (Phi) is 37.0. The van der Waals surface area contributed by atoms with Gasteiger partial charge < -0.3 is 37.9 Å². The Labute approximate surface area is 309 Å². The van der Waals surface area contributed by atoms with Crippen LogP contribution in [0, 0.1) is 5.92 Å². The minimum atomic E-state index is -1.06. The number of rotatable bonds is 35. The largest absolute Gasteiger partial charge is 0.463 e. The third-order valence-electron chi connectivity index (χ3n) is 8.31. The van der Waals surface area contributed by atoms with Crippen LogP contribution in [-0.2, 0) is 42.7 Å². The summed E-state index contributed by atoms with van der Waals surface area (Å²) < 4.78 is 46.8. The molecule has 0 saturated carbocycles. The molecule has 0 N–H and O–H groups in total. The lowest BCUT2D eigenvalue weighted by atomic mass is 9.93. The van der Waals surface area contributed by atoms with Crippen molar-refractivity contribution in [3.05, 3.63) is 12.2 Å². The number of hydrogen-bond donors (Lipinski definition) is 0. The lowest BCUT2D eigenvalue weighted by Gasteiger charge is -2.39. The Balaban J connectivity index is 0. The standard InChI is InChI=1S/C23H44O5.C18H38O4/c1-6-11-12-13-14-15-18-21(19-16-20-25-22(24)17-7-2)23(26-8-3,27-9-4)28-10-5;1-6-11-12-13-14-15-16-17(19-7-2)18(20-8-3,21-9-4)22-10-5/h7,17,21H,6,8-16,18-20H2,1-5H3;17H,6-16H2,1-5H3. The van der Waals surface area contributed by atoms with Crippen LogP contribution >= 0.6 is 0 Å². The van der Waals surface area contributed by atoms with Crippen molar-refractivity contribution in [3.8, 4) is 0 Å². The van der Waals surface area contributed by atoms with Gasteiger partial charge in [-0.25, -0.2) is 4.79 Å². The molecule has 0 saturated heterocycles. The molecule has 0 radical (unpaired) electrons. The van der Waals surface area contributed by atoms with Gasteiger partial charge >= 0.3 is 11.9 Å². The molecule has 0 aliphatic carbocycles. The number of esters is 1. The molecule has 0 amide bonds. The van der Waals surface area contributed by atoms with Gasteiger partial charge in [-0.3, -0.25) is 0 Å². The van der Waals surface area contributed by atoms with Crippen molar-refractivity contribution in [1.29, 1.82) is 0 Å². The number of hydrogen-bond acceptors (Lipinski definition) is 9. The summed E-state index contributed by atoms with van der Waals surface area (Å²) in [5.74, 6) is -2.24. The second-order valence-electron chi connectivity index (χ2n) is 12.4. The van der Waals surface area contributed by atoms with Crippen molar-refractivity contribution in [2.45, 2.75) is 190 Å². The molecule has 2 unspecified atom stereocenters. The summed E-state index contributed by atoms with van der Waals surface area (Å²) >= 11 is 0. The van der Waals surface area contributed by atoms with Gasteiger partial charge in [-0.2, -0.15) is 0 Å². The fourth-order valence-electron chi connectivity index (χ4n) is 6.12. The first kappa shape index (κ1) is 51.0. The summed E-state index contributed by atoms with van der Waals surface area (Å²) in [5.41, 5.74) is 0. The van der Waals surface area contributed by atoms with Crippen molar-refractivity contribution < 1.29 is 42.7 Å². The van der Waals surface area contributed by atoms with Crippen LogP contribution in [0.2, 0.25) is 0 Å². The number of carbonyl (C=O) groups is 1. The first-order valence-electron chi connectivity index (χ1n) is 20.5. The molecule has 0 aliphatic rings. The highest BCUT2D eigenvalue weighted by Gasteiger charge is 2.43. The maximum Gasteiger partial charge on any atom is 0.330 e. The fraction of sp³-hybridized carbons (Fsp3) is 0.927. The zero-order valence-electron chi connectivity index (χ0n) is 34.5. The maximum absolute atomic E-state index is 11.5. The molecule has 0 aromatic carbocycles. The van der Waals surface area contributed by atoms with E-state index < -0.39 is 11.9 Å². The molecule has 300 valence electrons. The Morgan fingerprint density at radius 2 is 0.900 bits per heavy atom. The molecule has 0 heterocycles. The van der Waals surface area contributed by atoms with Gasteiger partial charge in [0.05, 0.1) is 6.61 Å². The molecule has 9 nitrogen and oxygen atoms in total. The van der Waals surface area contributed by atoms with E-state index in [1.165, 1.54) is 70.3 Å². The van der Waals surface area contributed by atoms with E-state index in [9.17, 15) is 4.79 Å². The molecule has 0 aromatic rings. The highest BCUT2D eigenvalue weighted by molar-refractivity contribution is 5.81. The van der Waals surface area contributed by atoms with E-state index in [0.29, 0.717) is 52.9 Å². The molecule has 0 bridgehead atoms. The van der Waals surface area contributed by atoms with Crippen LogP contribution in [0.5, 0.6) is 0 Å². The van der Waals surface area contributed by atoms with E-state index in [1.54, 1.807) is 13.0 Å². The monoisotopic (exact) mass is 719 g/mol. The van der Waals surface area contributed by atoms with Crippen LogP contribution in [0.25, 0.3) is 0 Å². The third kappa shape index (κ3) is 24.2. The van der Waals surface area contributed by atoms with Crippen molar-refractivity contribution in [2.24, 2.45) is 5.92 Å². The summed E-state index contributed by atoms with van der Waals surface area (Å²) in [5, 5.41) is 0. The Morgan fingerprint density at radius 3 is 1.32 bits per heavy atom. The average molecular weight is 719 g/mol. The summed E-state index contributed by atoms with van der Waals surface area (Å²) in [6, 6.07) is 0. The number of ether oxygens (including phenoxy) is 8. The number of unbranched alkanes of at least 4 members (excludes halogenated alkanes) is 10. The molecule has 0 spiro atoms. The van der Waals surface area contributed by atoms with E-state index >= 15 is 0 Å². The highest BCUT2D eigenvalue weighted by atomic mass is 16.9. The molecule has 0 aliphatic heterocycles. The zero-order chi connectivity index (χ0) is 37.8. The van der Waals surface area contributed by atoms with Gasteiger partial charge in [-0.05, 0) is 81.1 Å². The minimum absolute atomic E-state index is 0.110. The van der Waals surface area contributed by atoms with Gasteiger partial charge in [-0.1, -0.05) is 97.0 Å². The van der Waals surface area contributed by atoms with Crippen LogP contribution in [0.1, 0.15) is 172 Å². The van der Waals surface area contributed by atoms with Crippen molar-refractivity contribution in [2.75, 3.05) is 52.9 Å². The topological polar surface area (TPSA) is 90.9 Å². The molecular formula is C41H82O9. The number of allylic oxidation sites excluding steroid dienone is 1. The number of carbonyl (C=O) groups excluding carboxylic acids is 1. The fourth-order valence-corrected chi connectivity index (χ4v) is 6.12. The van der Waals surface area contributed by atoms with Crippen molar-refractivity contribution in [3.63, 3.8) is 0 Å². The van der Waals surface area contributed by atoms with Crippen LogP contribution in [0.4, 0.5) is 0 Å². The second-order valence-corrected chi connectivity index (χ2v) is 12.4. The second kappa shape index (κ2) is 36.3. The van der Waals surface area contributed by atoms with Gasteiger partial charge in [-0.15, -0.1) is 0 Å². The molecule has 0 aromatic heterocycles. The summed E-state index contributed by atoms with van der Waals surface area (Å²) in [4.78, 5) is 11.5. The van der Waals surface area contributed by atoms with Crippen LogP contribution in [0.15, 0.2) is 12.2 Å². The van der Waals surface area contributed by atoms with Crippen LogP contribution in [0.3, 0.4) is 0 Å². The smallest absolute Gasteiger partial charge is 0.330 e. The summed E-state index contributed by atoms with van der Waals surface area (Å²) in [7, 11) is 0. The van der Waals surface area contributed by atoms with Gasteiger partial charge in [0.25, 0.3) is 5.97 Å². The first-order valence-corrected chi connectivity index (χ1v) is 20.5. The van der Waals surface area contributed by atoms with Gasteiger partial charge in [0.1, 0.15) is 6.10 Å². The predicted molar refractivity (Wildman–Crippen MR) is 205 cm³/mol. The van der Waals surface area contributed by atoms with Crippen LogP contribution < -0.4 is 0 Å². The van der Waals surface area contributed by atoms with E-state index in [-0.39, 0.29) is 18.0 Å². The Bertz CT molecular complexity index is 712. The van der Waals surface area contributed by atoms with E-state index in [4.69, 9.17) is 37.9 Å². The molecule has 9 heteroatoms. The Hall–Kier alpha value is -1.07. The summed E-state index contributed by atoms with van der Waals surface area (Å²) in [6.45, 7) is 24.3. The highest BCUT2D eigenvalue weighted by Crippen LogP contribution is 2.34. The summed E-state index contributed by atoms with van der Waals surface area (Å²) in [6.07, 6.45) is 21.5. The van der Waals surface area contributed by atoms with Gasteiger partial charge in [0, 0.05) is 58.2 Å². The molecule has 2 atom stereocenters. The third-order valence-corrected chi connectivity index (χ3v) is 8.31. The average Bonchev–Trinajstić information content (AvgIpc) is 3.09. The van der Waals surface area contributed by atoms with Gasteiger partial charge in [0.2, 0.25) is 0 Å². The van der Waals surface area contributed by atoms with E-state index in [0.717, 1.165) is 38.5 Å². The first-order chi connectivity index (χ1) is 24.3. The maximum atomic E-state index is 11.5. The molecule has 50 heavy (non-hydrogen) atoms. The molecule has 0 fully saturated rings. The van der Waals surface area contributed by atoms with E-state index in [1.807, 2.05) is 48.5 Å². The molecule has 0 rings (SSSR count). The lowest BCUT2D eigenvalue weighted by Crippen LogP contribution is -2.51. The lowest BCUT2D eigenvalue weighted by molar-refractivity contribution is -0.415. The van der Waals surface area contributed by atoms with Gasteiger partial charge in [0.15, 0.2) is 0 Å². The van der Waals surface area contributed by atoms with Crippen LogP contribution in [-0.4, -0.2) is 76.9 Å². The quantitative estimate of drug-likeness (QED) is 0.0275. The van der Waals surface area contributed by atoms with Crippen molar-refractivity contribution in [1.82, 2.24) is 0 Å². The van der Waals surface area contributed by atoms with E-state index in [2.05, 4.69) is 13.8 Å². The minimum Gasteiger partial charge on any atom is -0.463 e. The Morgan fingerprint density at radius 1 is 0.500 bits per heavy atom. The SMILES string of the molecule is CC=CC(=O)OCCCC(CCCCCCCC)C(OCC)(OCC)OCC.CCCCCCCCC(OCC)C(OCC)(OCC)OCC. The predicted octanol–water partition coefficient (Wildman–Crippen LogP) is 10.9. The zero-order valence-corrected chi connectivity index (χ0v) is 34.5. The normalized spacial score (nSPS) is 13.3.